The first-order valence-electron chi connectivity index (χ1n) is 13.5. The summed E-state index contributed by atoms with van der Waals surface area (Å²) in [7, 11) is 2.24. The number of hydrogen-bond donors (Lipinski definition) is 0. The summed E-state index contributed by atoms with van der Waals surface area (Å²) in [4.78, 5) is 16.5. The average Bonchev–Trinajstić information content (AvgIpc) is 2.72. The van der Waals surface area contributed by atoms with Crippen LogP contribution in [0.5, 0.6) is 0 Å². The van der Waals surface area contributed by atoms with Crippen molar-refractivity contribution in [2.45, 2.75) is 130 Å². The molecule has 0 saturated carbocycles. The SMILES string of the molecule is CCCCCCCCCCCCN(CCN(C)CCCCCCCCC)CC(C)=O. The van der Waals surface area contributed by atoms with Gasteiger partial charge >= 0.3 is 0 Å². The third-order valence-electron chi connectivity index (χ3n) is 6.22. The van der Waals surface area contributed by atoms with Gasteiger partial charge in [-0.05, 0) is 39.9 Å². The predicted octanol–water partition coefficient (Wildman–Crippen LogP) is 7.48. The van der Waals surface area contributed by atoms with Crippen LogP contribution < -0.4 is 0 Å². The van der Waals surface area contributed by atoms with E-state index in [1.807, 2.05) is 0 Å². The molecule has 0 aliphatic heterocycles. The van der Waals surface area contributed by atoms with Crippen molar-refractivity contribution in [1.29, 1.82) is 0 Å². The lowest BCUT2D eigenvalue weighted by Gasteiger charge is -2.24. The Morgan fingerprint density at radius 2 is 0.933 bits per heavy atom. The van der Waals surface area contributed by atoms with Gasteiger partial charge < -0.3 is 4.90 Å². The molecule has 180 valence electrons. The minimum atomic E-state index is 0.303. The van der Waals surface area contributed by atoms with E-state index in [4.69, 9.17) is 0 Å². The van der Waals surface area contributed by atoms with Crippen molar-refractivity contribution < 1.29 is 4.79 Å². The topological polar surface area (TPSA) is 23.6 Å². The summed E-state index contributed by atoms with van der Waals surface area (Å²) < 4.78 is 0. The van der Waals surface area contributed by atoms with Gasteiger partial charge in [0, 0.05) is 13.1 Å². The molecule has 0 aromatic heterocycles. The normalized spacial score (nSPS) is 11.7. The molecule has 0 amide bonds. The lowest BCUT2D eigenvalue weighted by atomic mass is 10.1. The smallest absolute Gasteiger partial charge is 0.143 e. The van der Waals surface area contributed by atoms with E-state index >= 15 is 0 Å². The van der Waals surface area contributed by atoms with Crippen LogP contribution in [0.1, 0.15) is 130 Å². The first-order chi connectivity index (χ1) is 14.6. The molecule has 0 N–H and O–H groups in total. The molecule has 0 atom stereocenters. The molecule has 0 rings (SSSR count). The van der Waals surface area contributed by atoms with E-state index in [0.29, 0.717) is 12.3 Å². The zero-order valence-electron chi connectivity index (χ0n) is 21.4. The largest absolute Gasteiger partial charge is 0.305 e. The fourth-order valence-electron chi connectivity index (χ4n) is 4.17. The second-order valence-electron chi connectivity index (χ2n) is 9.58. The van der Waals surface area contributed by atoms with Gasteiger partial charge in [-0.2, -0.15) is 0 Å². The van der Waals surface area contributed by atoms with E-state index in [9.17, 15) is 4.79 Å². The molecule has 0 bridgehead atoms. The molecular weight excluding hydrogens is 368 g/mol. The van der Waals surface area contributed by atoms with Crippen molar-refractivity contribution >= 4 is 5.78 Å². The Hall–Kier alpha value is -0.410. The molecule has 3 heteroatoms. The van der Waals surface area contributed by atoms with Crippen LogP contribution in [0.4, 0.5) is 0 Å². The Balaban J connectivity index is 3.73. The van der Waals surface area contributed by atoms with Gasteiger partial charge in [-0.1, -0.05) is 110 Å². The molecule has 0 spiro atoms. The number of Topliss-reactive ketones (excluding diaryl/α,β-unsaturated/α-hetero) is 1. The first kappa shape index (κ1) is 29.6. The quantitative estimate of drug-likeness (QED) is 0.150. The number of ketones is 1. The Morgan fingerprint density at radius 3 is 1.37 bits per heavy atom. The molecule has 0 aromatic carbocycles. The van der Waals surface area contributed by atoms with Gasteiger partial charge in [-0.3, -0.25) is 9.69 Å². The van der Waals surface area contributed by atoms with E-state index < -0.39 is 0 Å². The Kier molecular flexibility index (Phi) is 22.9. The number of hydrogen-bond acceptors (Lipinski definition) is 3. The summed E-state index contributed by atoms with van der Waals surface area (Å²) in [5, 5.41) is 0. The lowest BCUT2D eigenvalue weighted by molar-refractivity contribution is -0.118. The van der Waals surface area contributed by atoms with Crippen molar-refractivity contribution in [3.05, 3.63) is 0 Å². The van der Waals surface area contributed by atoms with E-state index in [1.165, 1.54) is 116 Å². The zero-order chi connectivity index (χ0) is 22.3. The Labute approximate surface area is 190 Å². The highest BCUT2D eigenvalue weighted by molar-refractivity contribution is 5.77. The van der Waals surface area contributed by atoms with Crippen molar-refractivity contribution in [2.24, 2.45) is 0 Å². The number of nitrogens with zero attached hydrogens (tertiary/aromatic N) is 2. The van der Waals surface area contributed by atoms with Gasteiger partial charge in [0.05, 0.1) is 6.54 Å². The number of likely N-dealkylation sites (N-methyl/N-ethyl adjacent to an activating group) is 1. The Morgan fingerprint density at radius 1 is 0.533 bits per heavy atom. The fourth-order valence-corrected chi connectivity index (χ4v) is 4.17. The summed E-state index contributed by atoms with van der Waals surface area (Å²) in [6.07, 6.45) is 23.3. The highest BCUT2D eigenvalue weighted by Crippen LogP contribution is 2.11. The van der Waals surface area contributed by atoms with Crippen LogP contribution in [-0.4, -0.2) is 55.4 Å². The number of carbonyl (C=O) groups is 1. The van der Waals surface area contributed by atoms with Crippen LogP contribution in [0.2, 0.25) is 0 Å². The van der Waals surface area contributed by atoms with Crippen molar-refractivity contribution in [2.75, 3.05) is 39.8 Å². The summed E-state index contributed by atoms with van der Waals surface area (Å²) in [6.45, 7) is 11.3. The summed E-state index contributed by atoms with van der Waals surface area (Å²) in [5.41, 5.74) is 0. The molecule has 0 unspecified atom stereocenters. The van der Waals surface area contributed by atoms with Crippen LogP contribution in [-0.2, 0) is 4.79 Å². The molecular formula is C27H56N2O. The average molecular weight is 425 g/mol. The number of carbonyl (C=O) groups excluding carboxylic acids is 1. The fraction of sp³-hybridized carbons (Fsp3) is 0.963. The van der Waals surface area contributed by atoms with Crippen molar-refractivity contribution in [1.82, 2.24) is 9.80 Å². The third kappa shape index (κ3) is 22.3. The third-order valence-corrected chi connectivity index (χ3v) is 6.22. The first-order valence-corrected chi connectivity index (χ1v) is 13.5. The van der Waals surface area contributed by atoms with Gasteiger partial charge in [0.25, 0.3) is 0 Å². The highest BCUT2D eigenvalue weighted by atomic mass is 16.1. The maximum absolute atomic E-state index is 11.6. The van der Waals surface area contributed by atoms with Crippen molar-refractivity contribution in [3.8, 4) is 0 Å². The predicted molar refractivity (Wildman–Crippen MR) is 134 cm³/mol. The van der Waals surface area contributed by atoms with Gasteiger partial charge in [0.1, 0.15) is 5.78 Å². The zero-order valence-corrected chi connectivity index (χ0v) is 21.4. The standard InChI is InChI=1S/C27H56N2O/c1-5-7-9-11-13-14-15-17-19-21-23-29(26-27(3)30)25-24-28(4)22-20-18-16-12-10-8-6-2/h5-26H2,1-4H3. The second kappa shape index (κ2) is 23.3. The molecule has 0 saturated heterocycles. The minimum absolute atomic E-state index is 0.303. The maximum Gasteiger partial charge on any atom is 0.143 e. The maximum atomic E-state index is 11.6. The van der Waals surface area contributed by atoms with E-state index in [-0.39, 0.29) is 0 Å². The van der Waals surface area contributed by atoms with Crippen LogP contribution in [0.25, 0.3) is 0 Å². The van der Waals surface area contributed by atoms with Crippen molar-refractivity contribution in [3.63, 3.8) is 0 Å². The summed E-state index contributed by atoms with van der Waals surface area (Å²) in [5.74, 6) is 0.303. The molecule has 0 aromatic rings. The van der Waals surface area contributed by atoms with Gasteiger partial charge in [0.15, 0.2) is 0 Å². The monoisotopic (exact) mass is 424 g/mol. The molecule has 0 aliphatic rings. The second-order valence-corrected chi connectivity index (χ2v) is 9.58. The number of rotatable bonds is 24. The van der Waals surface area contributed by atoms with Crippen LogP contribution >= 0.6 is 0 Å². The summed E-state index contributed by atoms with van der Waals surface area (Å²) in [6, 6.07) is 0. The molecule has 0 radical (unpaired) electrons. The molecule has 3 nitrogen and oxygen atoms in total. The molecule has 0 fully saturated rings. The minimum Gasteiger partial charge on any atom is -0.305 e. The van der Waals surface area contributed by atoms with Gasteiger partial charge in [0.2, 0.25) is 0 Å². The highest BCUT2D eigenvalue weighted by Gasteiger charge is 2.09. The molecule has 0 aliphatic carbocycles. The van der Waals surface area contributed by atoms with Crippen LogP contribution in [0.3, 0.4) is 0 Å². The van der Waals surface area contributed by atoms with Crippen LogP contribution in [0, 0.1) is 0 Å². The lowest BCUT2D eigenvalue weighted by Crippen LogP contribution is -2.37. The molecule has 0 heterocycles. The summed E-state index contributed by atoms with van der Waals surface area (Å²) >= 11 is 0. The molecule has 30 heavy (non-hydrogen) atoms. The van der Waals surface area contributed by atoms with Gasteiger partial charge in [-0.15, -0.1) is 0 Å². The van der Waals surface area contributed by atoms with E-state index in [0.717, 1.165) is 19.6 Å². The Bertz CT molecular complexity index is 359. The van der Waals surface area contributed by atoms with Gasteiger partial charge in [-0.25, -0.2) is 0 Å². The number of unbranched alkanes of at least 4 members (excludes halogenated alkanes) is 15. The van der Waals surface area contributed by atoms with Crippen LogP contribution in [0.15, 0.2) is 0 Å². The van der Waals surface area contributed by atoms with E-state index in [2.05, 4.69) is 30.7 Å². The van der Waals surface area contributed by atoms with E-state index in [1.54, 1.807) is 6.92 Å².